The number of nitrogens with two attached hydrogens (primary N) is 1. The normalized spacial score (nSPS) is 11.5. The van der Waals surface area contributed by atoms with Crippen LogP contribution in [-0.4, -0.2) is 172 Å². The molecule has 0 bridgehead atoms. The fourth-order valence-electron chi connectivity index (χ4n) is 13.0. The van der Waals surface area contributed by atoms with E-state index >= 15 is 0 Å². The van der Waals surface area contributed by atoms with E-state index < -0.39 is 19.1 Å². The van der Waals surface area contributed by atoms with Crippen molar-refractivity contribution < 1.29 is 56.0 Å². The molecule has 3 amide bonds. The highest BCUT2D eigenvalue weighted by molar-refractivity contribution is 6.02. The van der Waals surface area contributed by atoms with Crippen molar-refractivity contribution >= 4 is 50.4 Å². The van der Waals surface area contributed by atoms with Gasteiger partial charge in [0.2, 0.25) is 0 Å². The lowest BCUT2D eigenvalue weighted by Gasteiger charge is -2.11. The van der Waals surface area contributed by atoms with Crippen LogP contribution in [0, 0.1) is 34.6 Å². The Morgan fingerprint density at radius 2 is 0.805 bits per heavy atom. The number of imidazole rings is 3. The maximum absolute atomic E-state index is 13.3. The van der Waals surface area contributed by atoms with E-state index in [0.717, 1.165) is 95.1 Å². The van der Waals surface area contributed by atoms with Gasteiger partial charge in [-0.05, 0) is 114 Å². The van der Waals surface area contributed by atoms with Gasteiger partial charge >= 0.3 is 13.2 Å². The average Bonchev–Trinajstić information content (AvgIpc) is 1.66. The van der Waals surface area contributed by atoms with Gasteiger partial charge in [-0.3, -0.25) is 42.5 Å². The molecular formula is C77H86F4N24O8. The van der Waals surface area contributed by atoms with Crippen molar-refractivity contribution in [3.8, 4) is 80.2 Å². The number of carbonyl (C=O) groups excluding carboxylic acids is 3. The molecule has 12 aromatic heterocycles. The number of rotatable bonds is 28. The van der Waals surface area contributed by atoms with Gasteiger partial charge in [0.25, 0.3) is 17.7 Å². The summed E-state index contributed by atoms with van der Waals surface area (Å²) in [5.74, 6) is 1.76. The van der Waals surface area contributed by atoms with Gasteiger partial charge in [0.05, 0.1) is 96.7 Å². The molecule has 0 aliphatic carbocycles. The van der Waals surface area contributed by atoms with E-state index in [9.17, 15) is 37.1 Å². The molecule has 0 aliphatic rings. The Balaban J connectivity index is 0.000000158. The van der Waals surface area contributed by atoms with Gasteiger partial charge in [0, 0.05) is 127 Å². The van der Waals surface area contributed by atoms with Crippen molar-refractivity contribution in [2.75, 3.05) is 34.0 Å². The second-order valence-electron chi connectivity index (χ2n) is 26.9. The number of hydrogen-bond donors (Lipinski definition) is 4. The number of aliphatic hydroxyl groups excluding tert-OH is 1. The topological polar surface area (TPSA) is 357 Å². The lowest BCUT2D eigenvalue weighted by atomic mass is 10.1. The number of hydrogen-bond acceptors (Lipinski definition) is 20. The molecule has 0 fully saturated rings. The Bertz CT molecular complexity index is 5800. The molecule has 0 saturated heterocycles. The number of ether oxygens (including phenoxy) is 4. The van der Waals surface area contributed by atoms with Crippen molar-refractivity contribution in [1.29, 1.82) is 0 Å². The molecule has 113 heavy (non-hydrogen) atoms. The Labute approximate surface area is 645 Å². The lowest BCUT2D eigenvalue weighted by Crippen LogP contribution is -2.24. The summed E-state index contributed by atoms with van der Waals surface area (Å²) in [7, 11) is 14.2. The van der Waals surface area contributed by atoms with E-state index in [4.69, 9.17) is 40.1 Å². The highest BCUT2D eigenvalue weighted by Crippen LogP contribution is 2.35. The maximum atomic E-state index is 13.3. The van der Waals surface area contributed by atoms with Gasteiger partial charge < -0.3 is 54.1 Å². The van der Waals surface area contributed by atoms with Crippen molar-refractivity contribution in [2.45, 2.75) is 99.8 Å². The van der Waals surface area contributed by atoms with Crippen LogP contribution in [0.15, 0.2) is 110 Å². The molecule has 5 N–H and O–H groups in total. The fourth-order valence-corrected chi connectivity index (χ4v) is 13.0. The molecule has 0 atom stereocenters. The number of halogens is 4. The number of pyridine rings is 3. The number of methoxy groups -OCH3 is 2. The van der Waals surface area contributed by atoms with Crippen molar-refractivity contribution in [3.63, 3.8) is 0 Å². The largest absolute Gasteiger partial charge is 0.496 e. The number of carbonyl (C=O) groups is 3. The minimum Gasteiger partial charge on any atom is -0.496 e. The standard InChI is InChI=1S/C29H32F2N8O3.C28H32N8O3.C20H22F2N8O2/c1-17-7-8-19(25(11-17)41-5)14-32-28(40)21-13-23-20(15-33-38(23)4)26(34-21)27-35-22(16-37(27)3)24-12-18(2)36-39(24)9-6-10-42-29(30)31;1-17-7-8-19(25(11-17)39-5)14-29-28(38)21-13-23-20(15-30-35(23)4)26(31-21)27-32-22(16-34(27)3)24-12-18(2)33-36(24)9-6-10-37;1-11-7-16(30(27-11)5-4-6-32-20(21)22)14-10-28(2)19(26-14)17-12-9-24-29(3)15(12)8-13(25-17)18(23)31/h7-8,11-13,15-16,29H,6,9-10,14H2,1-5H3,(H,32,40);7-8,11-13,15-16,37H,6,9-10,14H2,1-5H3,(H,29,38);7-10,20H,4-6H2,1-3H3,(H2,23,31). The second-order valence-corrected chi connectivity index (χ2v) is 26.9. The number of amides is 3. The molecule has 0 saturated carbocycles. The van der Waals surface area contributed by atoms with E-state index in [2.05, 4.69) is 55.7 Å². The monoisotopic (exact) mass is 1550 g/mol. The lowest BCUT2D eigenvalue weighted by molar-refractivity contribution is -0.130. The summed E-state index contributed by atoms with van der Waals surface area (Å²) >= 11 is 0. The van der Waals surface area contributed by atoms with Gasteiger partial charge in [-0.25, -0.2) is 29.9 Å². The van der Waals surface area contributed by atoms with Crippen molar-refractivity contribution in [2.24, 2.45) is 48.0 Å². The zero-order valence-electron chi connectivity index (χ0n) is 64.6. The van der Waals surface area contributed by atoms with Crippen LogP contribution in [-0.2, 0) is 84.5 Å². The summed E-state index contributed by atoms with van der Waals surface area (Å²) in [6.45, 7) is 5.84. The highest BCUT2D eigenvalue weighted by atomic mass is 19.3. The average molecular weight is 1550 g/mol. The predicted molar refractivity (Wildman–Crippen MR) is 411 cm³/mol. The number of primary amides is 1. The Morgan fingerprint density at radius 1 is 0.469 bits per heavy atom. The van der Waals surface area contributed by atoms with Crippen LogP contribution in [0.1, 0.15) is 90.1 Å². The molecule has 32 nitrogen and oxygen atoms in total. The Hall–Kier alpha value is -12.8. The van der Waals surface area contributed by atoms with Crippen LogP contribution in [0.2, 0.25) is 0 Å². The third-order valence-corrected chi connectivity index (χ3v) is 18.5. The number of alkyl halides is 4. The molecule has 36 heteroatoms. The predicted octanol–water partition coefficient (Wildman–Crippen LogP) is 9.86. The summed E-state index contributed by atoms with van der Waals surface area (Å²) in [5, 5.41) is 44.0. The molecule has 12 heterocycles. The molecule has 0 spiro atoms. The number of fused-ring (bicyclic) bond motifs is 3. The Kier molecular flexibility index (Phi) is 24.4. The number of aromatic nitrogens is 21. The van der Waals surface area contributed by atoms with Crippen LogP contribution in [0.25, 0.3) is 101 Å². The molecule has 14 aromatic rings. The minimum absolute atomic E-state index is 0.0771. The first-order valence-corrected chi connectivity index (χ1v) is 35.9. The van der Waals surface area contributed by atoms with Crippen LogP contribution >= 0.6 is 0 Å². The summed E-state index contributed by atoms with van der Waals surface area (Å²) in [6, 6.07) is 22.4. The third kappa shape index (κ3) is 18.0. The van der Waals surface area contributed by atoms with Crippen molar-refractivity contribution in [3.05, 3.63) is 166 Å². The van der Waals surface area contributed by atoms with Crippen LogP contribution < -0.4 is 25.8 Å². The number of aliphatic hydroxyl groups is 1. The molecule has 2 aromatic carbocycles. The molecule has 14 rings (SSSR count). The van der Waals surface area contributed by atoms with E-state index in [1.54, 1.807) is 93.1 Å². The quantitative estimate of drug-likeness (QED) is 0.0262. The zero-order chi connectivity index (χ0) is 80.6. The summed E-state index contributed by atoms with van der Waals surface area (Å²) in [6.07, 6.45) is 12.0. The summed E-state index contributed by atoms with van der Waals surface area (Å²) in [5.41, 5.74) is 20.4. The van der Waals surface area contributed by atoms with Gasteiger partial charge in [-0.1, -0.05) is 24.3 Å². The second kappa shape index (κ2) is 34.6. The molecular weight excluding hydrogens is 1460 g/mol. The third-order valence-electron chi connectivity index (χ3n) is 18.5. The van der Waals surface area contributed by atoms with E-state index in [1.807, 2.05) is 150 Å². The molecule has 0 aliphatic heterocycles. The van der Waals surface area contributed by atoms with Crippen LogP contribution in [0.5, 0.6) is 11.5 Å². The first kappa shape index (κ1) is 79.7. The SMILES string of the molecule is COc1cc(C)ccc1CNC(=O)c1cc2c(cnn2C)c(-c2nc(-c3cc(C)nn3CCCO)cn2C)n1.COc1cc(C)ccc1CNC(=O)c1cc2c(cnn2C)c(-c2nc(-c3cc(C)nn3CCCOC(F)F)cn2C)n1.Cc1cc(-c2cn(C)c(-c3nc(C(N)=O)cc4c3cnn4C)n2)n(CCCOC(F)F)n1. The van der Waals surface area contributed by atoms with Gasteiger partial charge in [-0.2, -0.15) is 48.2 Å². The van der Waals surface area contributed by atoms with Crippen LogP contribution in [0.3, 0.4) is 0 Å². The first-order valence-electron chi connectivity index (χ1n) is 35.9. The maximum Gasteiger partial charge on any atom is 0.345 e. The molecule has 0 radical (unpaired) electrons. The zero-order valence-corrected chi connectivity index (χ0v) is 64.6. The Morgan fingerprint density at radius 3 is 1.13 bits per heavy atom. The summed E-state index contributed by atoms with van der Waals surface area (Å²) in [4.78, 5) is 66.9. The van der Waals surface area contributed by atoms with Gasteiger partial charge in [0.15, 0.2) is 17.5 Å². The summed E-state index contributed by atoms with van der Waals surface area (Å²) < 4.78 is 84.7. The van der Waals surface area contributed by atoms with Gasteiger partial charge in [0.1, 0.15) is 62.7 Å². The fraction of sp³-hybridized carbons (Fsp3) is 0.338. The van der Waals surface area contributed by atoms with E-state index in [0.29, 0.717) is 103 Å². The number of nitrogens with one attached hydrogen (secondary N) is 2. The first-order chi connectivity index (χ1) is 54.2. The number of nitrogens with zero attached hydrogens (tertiary/aromatic N) is 21. The minimum atomic E-state index is -2.80. The van der Waals surface area contributed by atoms with Crippen LogP contribution in [0.4, 0.5) is 17.6 Å². The van der Waals surface area contributed by atoms with Crippen molar-refractivity contribution in [1.82, 2.24) is 113 Å². The highest BCUT2D eigenvalue weighted by Gasteiger charge is 2.26. The smallest absolute Gasteiger partial charge is 0.345 e. The van der Waals surface area contributed by atoms with E-state index in [-0.39, 0.29) is 55.3 Å². The molecule has 0 unspecified atom stereocenters. The molecule has 590 valence electrons. The number of benzene rings is 2. The number of aryl methyl sites for hydroxylation is 14. The van der Waals surface area contributed by atoms with Gasteiger partial charge in [-0.15, -0.1) is 0 Å². The van der Waals surface area contributed by atoms with E-state index in [1.165, 1.54) is 0 Å².